The number of carboxylic acids is 1. The summed E-state index contributed by atoms with van der Waals surface area (Å²) in [5.41, 5.74) is 0.512. The molecule has 1 heterocycles. The molecule has 0 amide bonds. The van der Waals surface area contributed by atoms with E-state index in [9.17, 15) is 9.18 Å². The third kappa shape index (κ3) is 3.20. The Morgan fingerprint density at radius 3 is 2.79 bits per heavy atom. The molecule has 0 unspecified atom stereocenters. The van der Waals surface area contributed by atoms with Gasteiger partial charge in [-0.05, 0) is 25.1 Å². The van der Waals surface area contributed by atoms with Gasteiger partial charge in [0.05, 0.1) is 10.6 Å². The van der Waals surface area contributed by atoms with Gasteiger partial charge in [-0.3, -0.25) is 0 Å². The lowest BCUT2D eigenvalue weighted by Gasteiger charge is -2.08. The molecule has 1 aromatic heterocycles. The van der Waals surface area contributed by atoms with Gasteiger partial charge in [-0.2, -0.15) is 0 Å². The fourth-order valence-electron chi connectivity index (χ4n) is 1.48. The highest BCUT2D eigenvalue weighted by atomic mass is 35.5. The van der Waals surface area contributed by atoms with Crippen LogP contribution in [-0.2, 0) is 0 Å². The van der Waals surface area contributed by atoms with Gasteiger partial charge in [-0.15, -0.1) is 0 Å². The summed E-state index contributed by atoms with van der Waals surface area (Å²) < 4.78 is 18.4. The largest absolute Gasteiger partial charge is 0.478 e. The summed E-state index contributed by atoms with van der Waals surface area (Å²) in [6.07, 6.45) is 0. The Morgan fingerprint density at radius 1 is 1.37 bits per heavy atom. The Bertz CT molecular complexity index is 646. The number of nitrogens with zero attached hydrogens (tertiary/aromatic N) is 1. The van der Waals surface area contributed by atoms with Crippen LogP contribution in [0.2, 0.25) is 5.02 Å². The maximum absolute atomic E-state index is 13.1. The number of halogens is 2. The van der Waals surface area contributed by atoms with Crippen LogP contribution in [0.3, 0.4) is 0 Å². The number of aromatic nitrogens is 1. The number of ether oxygens (including phenoxy) is 1. The fraction of sp³-hybridized carbons (Fsp3) is 0.0769. The molecule has 1 N–H and O–H groups in total. The number of benzene rings is 1. The molecule has 0 aliphatic carbocycles. The standard InChI is InChI=1S/C13H9ClFNO3/c1-7-4-8(13(17)18)5-12(16-7)19-11-6-9(15)2-3-10(11)14/h2-6H,1H3,(H,17,18). The van der Waals surface area contributed by atoms with Gasteiger partial charge in [0.2, 0.25) is 5.88 Å². The zero-order valence-electron chi connectivity index (χ0n) is 9.85. The predicted octanol–water partition coefficient (Wildman–Crippen LogP) is 3.67. The van der Waals surface area contributed by atoms with E-state index in [0.717, 1.165) is 6.07 Å². The molecule has 0 saturated carbocycles. The Labute approximate surface area is 113 Å². The third-order valence-electron chi connectivity index (χ3n) is 2.28. The fourth-order valence-corrected chi connectivity index (χ4v) is 1.64. The molecule has 2 rings (SSSR count). The van der Waals surface area contributed by atoms with Crippen LogP contribution in [0.25, 0.3) is 0 Å². The van der Waals surface area contributed by atoms with Crippen molar-refractivity contribution in [3.05, 3.63) is 52.4 Å². The van der Waals surface area contributed by atoms with E-state index < -0.39 is 11.8 Å². The molecule has 1 aromatic carbocycles. The third-order valence-corrected chi connectivity index (χ3v) is 2.60. The van der Waals surface area contributed by atoms with Crippen LogP contribution in [0.15, 0.2) is 30.3 Å². The van der Waals surface area contributed by atoms with Crippen LogP contribution in [0.4, 0.5) is 4.39 Å². The zero-order valence-corrected chi connectivity index (χ0v) is 10.6. The number of hydrogen-bond acceptors (Lipinski definition) is 3. The molecule has 0 aliphatic heterocycles. The van der Waals surface area contributed by atoms with Crippen molar-refractivity contribution in [1.82, 2.24) is 4.98 Å². The van der Waals surface area contributed by atoms with Crippen LogP contribution in [0, 0.1) is 12.7 Å². The van der Waals surface area contributed by atoms with Gasteiger partial charge >= 0.3 is 5.97 Å². The molecule has 0 spiro atoms. The van der Waals surface area contributed by atoms with Crippen LogP contribution < -0.4 is 4.74 Å². The second-order valence-corrected chi connectivity index (χ2v) is 4.22. The molecular weight excluding hydrogens is 273 g/mol. The van der Waals surface area contributed by atoms with Gasteiger partial charge in [-0.25, -0.2) is 14.2 Å². The molecule has 0 atom stereocenters. The smallest absolute Gasteiger partial charge is 0.335 e. The average molecular weight is 282 g/mol. The lowest BCUT2D eigenvalue weighted by Crippen LogP contribution is -2.00. The number of hydrogen-bond donors (Lipinski definition) is 1. The summed E-state index contributed by atoms with van der Waals surface area (Å²) in [7, 11) is 0. The number of aryl methyl sites for hydroxylation is 1. The Balaban J connectivity index is 2.38. The van der Waals surface area contributed by atoms with Crippen LogP contribution in [-0.4, -0.2) is 16.1 Å². The molecule has 6 heteroatoms. The highest BCUT2D eigenvalue weighted by Gasteiger charge is 2.10. The normalized spacial score (nSPS) is 10.3. The van der Waals surface area contributed by atoms with E-state index in [2.05, 4.69) is 4.98 Å². The molecule has 4 nitrogen and oxygen atoms in total. The van der Waals surface area contributed by atoms with Crippen molar-refractivity contribution in [3.8, 4) is 11.6 Å². The van der Waals surface area contributed by atoms with Crippen molar-refractivity contribution in [3.63, 3.8) is 0 Å². The minimum atomic E-state index is -1.10. The van der Waals surface area contributed by atoms with Gasteiger partial charge in [0.1, 0.15) is 5.82 Å². The predicted molar refractivity (Wildman–Crippen MR) is 67.4 cm³/mol. The van der Waals surface area contributed by atoms with E-state index in [1.165, 1.54) is 24.3 Å². The number of rotatable bonds is 3. The number of carboxylic acid groups (broad SMARTS) is 1. The van der Waals surface area contributed by atoms with Gasteiger partial charge in [0, 0.05) is 17.8 Å². The highest BCUT2D eigenvalue weighted by Crippen LogP contribution is 2.29. The van der Waals surface area contributed by atoms with Crippen molar-refractivity contribution in [1.29, 1.82) is 0 Å². The molecular formula is C13H9ClFNO3. The highest BCUT2D eigenvalue weighted by molar-refractivity contribution is 6.32. The van der Waals surface area contributed by atoms with Gasteiger partial charge in [-0.1, -0.05) is 11.6 Å². The Kier molecular flexibility index (Phi) is 3.66. The maximum atomic E-state index is 13.1. The van der Waals surface area contributed by atoms with Gasteiger partial charge in [0.15, 0.2) is 5.75 Å². The molecule has 0 bridgehead atoms. The summed E-state index contributed by atoms with van der Waals surface area (Å²) in [4.78, 5) is 14.9. The van der Waals surface area contributed by atoms with Crippen molar-refractivity contribution in [2.75, 3.05) is 0 Å². The van der Waals surface area contributed by atoms with E-state index in [4.69, 9.17) is 21.4 Å². The Morgan fingerprint density at radius 2 is 2.11 bits per heavy atom. The van der Waals surface area contributed by atoms with E-state index in [1.54, 1.807) is 6.92 Å². The zero-order chi connectivity index (χ0) is 14.0. The first kappa shape index (κ1) is 13.3. The molecule has 0 radical (unpaired) electrons. The lowest BCUT2D eigenvalue weighted by molar-refractivity contribution is 0.0696. The first-order valence-electron chi connectivity index (χ1n) is 5.30. The topological polar surface area (TPSA) is 59.4 Å². The number of carbonyl (C=O) groups is 1. The quantitative estimate of drug-likeness (QED) is 0.932. The van der Waals surface area contributed by atoms with E-state index in [-0.39, 0.29) is 22.2 Å². The van der Waals surface area contributed by atoms with Crippen molar-refractivity contribution >= 4 is 17.6 Å². The molecule has 0 saturated heterocycles. The van der Waals surface area contributed by atoms with E-state index >= 15 is 0 Å². The van der Waals surface area contributed by atoms with Crippen molar-refractivity contribution < 1.29 is 19.0 Å². The lowest BCUT2D eigenvalue weighted by atomic mass is 10.2. The second-order valence-electron chi connectivity index (χ2n) is 3.82. The molecule has 0 aliphatic rings. The van der Waals surface area contributed by atoms with Crippen LogP contribution in [0.5, 0.6) is 11.6 Å². The average Bonchev–Trinajstić information content (AvgIpc) is 2.33. The summed E-state index contributed by atoms with van der Waals surface area (Å²) in [5, 5.41) is 9.14. The van der Waals surface area contributed by atoms with Crippen molar-refractivity contribution in [2.24, 2.45) is 0 Å². The molecule has 19 heavy (non-hydrogen) atoms. The summed E-state index contributed by atoms with van der Waals surface area (Å²) >= 11 is 5.85. The first-order valence-corrected chi connectivity index (χ1v) is 5.68. The summed E-state index contributed by atoms with van der Waals surface area (Å²) in [6, 6.07) is 6.30. The second kappa shape index (κ2) is 5.24. The van der Waals surface area contributed by atoms with Crippen molar-refractivity contribution in [2.45, 2.75) is 6.92 Å². The molecule has 2 aromatic rings. The van der Waals surface area contributed by atoms with E-state index in [0.29, 0.717) is 5.69 Å². The van der Waals surface area contributed by atoms with Gasteiger partial charge in [0.25, 0.3) is 0 Å². The summed E-state index contributed by atoms with van der Waals surface area (Å²) in [6.45, 7) is 1.63. The minimum Gasteiger partial charge on any atom is -0.478 e. The maximum Gasteiger partial charge on any atom is 0.335 e. The monoisotopic (exact) mass is 281 g/mol. The SMILES string of the molecule is Cc1cc(C(=O)O)cc(Oc2cc(F)ccc2Cl)n1. The minimum absolute atomic E-state index is 0.0371. The molecule has 0 fully saturated rings. The first-order chi connectivity index (χ1) is 8.95. The van der Waals surface area contributed by atoms with Crippen LogP contribution >= 0.6 is 11.6 Å². The molecule has 98 valence electrons. The van der Waals surface area contributed by atoms with Gasteiger partial charge < -0.3 is 9.84 Å². The Hall–Kier alpha value is -2.14. The number of pyridine rings is 1. The van der Waals surface area contributed by atoms with E-state index in [1.807, 2.05) is 0 Å². The number of aromatic carboxylic acids is 1. The summed E-state index contributed by atoms with van der Waals surface area (Å²) in [5.74, 6) is -1.48. The van der Waals surface area contributed by atoms with Crippen LogP contribution in [0.1, 0.15) is 16.1 Å².